The molecule has 3 aromatic rings. The number of para-hydroxylation sites is 1. The van der Waals surface area contributed by atoms with Crippen molar-refractivity contribution in [3.8, 4) is 6.07 Å². The fourth-order valence-corrected chi connectivity index (χ4v) is 2.09. The van der Waals surface area contributed by atoms with Gasteiger partial charge in [0.25, 0.3) is 0 Å². The van der Waals surface area contributed by atoms with E-state index in [0.717, 1.165) is 4.68 Å². The summed E-state index contributed by atoms with van der Waals surface area (Å²) in [4.78, 5) is 24.1. The maximum atomic E-state index is 12.1. The van der Waals surface area contributed by atoms with Crippen LogP contribution in [0.5, 0.6) is 0 Å². The molecule has 2 aromatic heterocycles. The van der Waals surface area contributed by atoms with E-state index in [1.54, 1.807) is 48.7 Å². The highest BCUT2D eigenvalue weighted by molar-refractivity contribution is 5.91. The van der Waals surface area contributed by atoms with Crippen LogP contribution in [0, 0.1) is 11.3 Å². The number of aromatic nitrogens is 3. The van der Waals surface area contributed by atoms with E-state index < -0.39 is 5.91 Å². The van der Waals surface area contributed by atoms with Crippen LogP contribution in [0.15, 0.2) is 53.5 Å². The summed E-state index contributed by atoms with van der Waals surface area (Å²) in [6.07, 6.45) is 1.59. The molecule has 0 radical (unpaired) electrons. The van der Waals surface area contributed by atoms with Crippen molar-refractivity contribution in [3.63, 3.8) is 0 Å². The summed E-state index contributed by atoms with van der Waals surface area (Å²) in [5.41, 5.74) is 0.849. The lowest BCUT2D eigenvalue weighted by atomic mass is 10.2. The number of fused-ring (bicyclic) bond motifs is 1. The van der Waals surface area contributed by atoms with E-state index in [-0.39, 0.29) is 12.2 Å². The van der Waals surface area contributed by atoms with E-state index in [1.165, 1.54) is 4.40 Å². The van der Waals surface area contributed by atoms with Gasteiger partial charge in [0.2, 0.25) is 5.91 Å². The first kappa shape index (κ1) is 13.6. The van der Waals surface area contributed by atoms with Crippen LogP contribution >= 0.6 is 0 Å². The number of benzene rings is 1. The third kappa shape index (κ3) is 2.45. The van der Waals surface area contributed by atoms with Crippen LogP contribution in [0.3, 0.4) is 0 Å². The maximum Gasteiger partial charge on any atom is 0.350 e. The van der Waals surface area contributed by atoms with Gasteiger partial charge in [-0.2, -0.15) is 5.26 Å². The van der Waals surface area contributed by atoms with Crippen molar-refractivity contribution in [2.45, 2.75) is 6.54 Å². The Bertz CT molecular complexity index is 948. The van der Waals surface area contributed by atoms with Gasteiger partial charge in [0.15, 0.2) is 5.65 Å². The minimum absolute atomic E-state index is 0.222. The van der Waals surface area contributed by atoms with Gasteiger partial charge in [-0.3, -0.25) is 9.20 Å². The van der Waals surface area contributed by atoms with Crippen LogP contribution in [0.1, 0.15) is 5.56 Å². The van der Waals surface area contributed by atoms with Crippen molar-refractivity contribution in [3.05, 3.63) is 64.7 Å². The number of nitrogens with zero attached hydrogens (tertiary/aromatic N) is 4. The molecule has 0 spiro atoms. The average Bonchev–Trinajstić information content (AvgIpc) is 2.84. The van der Waals surface area contributed by atoms with Gasteiger partial charge in [0.1, 0.15) is 12.6 Å². The lowest BCUT2D eigenvalue weighted by Gasteiger charge is -2.05. The van der Waals surface area contributed by atoms with Crippen LogP contribution in [-0.2, 0) is 11.3 Å². The van der Waals surface area contributed by atoms with Gasteiger partial charge < -0.3 is 5.32 Å². The van der Waals surface area contributed by atoms with Crippen molar-refractivity contribution >= 4 is 17.2 Å². The van der Waals surface area contributed by atoms with Crippen molar-refractivity contribution in [2.24, 2.45) is 0 Å². The van der Waals surface area contributed by atoms with Crippen molar-refractivity contribution in [2.75, 3.05) is 5.32 Å². The van der Waals surface area contributed by atoms with E-state index >= 15 is 0 Å². The molecule has 0 aliphatic rings. The Morgan fingerprint density at radius 3 is 2.77 bits per heavy atom. The predicted molar refractivity (Wildman–Crippen MR) is 79.2 cm³/mol. The van der Waals surface area contributed by atoms with Crippen molar-refractivity contribution in [1.29, 1.82) is 5.26 Å². The highest BCUT2D eigenvalue weighted by Crippen LogP contribution is 2.13. The standard InChI is InChI=1S/C15H11N5O2/c16-9-11-5-1-2-6-12(11)17-14(21)10-20-15(22)19-8-4-3-7-13(19)18-20/h1-8H,10H2,(H,17,21). The van der Waals surface area contributed by atoms with Gasteiger partial charge in [-0.25, -0.2) is 9.48 Å². The molecule has 7 nitrogen and oxygen atoms in total. The van der Waals surface area contributed by atoms with Crippen LogP contribution in [-0.4, -0.2) is 20.1 Å². The molecule has 0 unspecified atom stereocenters. The van der Waals surface area contributed by atoms with E-state index in [9.17, 15) is 9.59 Å². The monoisotopic (exact) mass is 293 g/mol. The van der Waals surface area contributed by atoms with E-state index in [2.05, 4.69) is 10.4 Å². The second kappa shape index (κ2) is 5.54. The zero-order chi connectivity index (χ0) is 15.5. The highest BCUT2D eigenvalue weighted by atomic mass is 16.2. The Balaban J connectivity index is 1.83. The molecule has 0 aliphatic carbocycles. The first-order chi connectivity index (χ1) is 10.7. The maximum absolute atomic E-state index is 12.1. The number of nitrogens with one attached hydrogen (secondary N) is 1. The lowest BCUT2D eigenvalue weighted by molar-refractivity contribution is -0.117. The SMILES string of the molecule is N#Cc1ccccc1NC(=O)Cn1nc2ccccn2c1=O. The number of hydrogen-bond donors (Lipinski definition) is 1. The lowest BCUT2D eigenvalue weighted by Crippen LogP contribution is -2.28. The summed E-state index contributed by atoms with van der Waals surface area (Å²) in [6, 6.07) is 13.8. The van der Waals surface area contributed by atoms with Crippen LogP contribution in [0.25, 0.3) is 5.65 Å². The molecular weight excluding hydrogens is 282 g/mol. The summed E-state index contributed by atoms with van der Waals surface area (Å²) < 4.78 is 2.44. The molecule has 0 atom stereocenters. The second-order valence-corrected chi connectivity index (χ2v) is 4.57. The van der Waals surface area contributed by atoms with Crippen molar-refractivity contribution < 1.29 is 4.79 Å². The number of carbonyl (C=O) groups is 1. The van der Waals surface area contributed by atoms with Gasteiger partial charge in [-0.15, -0.1) is 5.10 Å². The molecule has 1 N–H and O–H groups in total. The summed E-state index contributed by atoms with van der Waals surface area (Å²) in [5, 5.41) is 15.7. The number of rotatable bonds is 3. The molecule has 1 amide bonds. The quantitative estimate of drug-likeness (QED) is 0.780. The minimum Gasteiger partial charge on any atom is -0.323 e. The summed E-state index contributed by atoms with van der Waals surface area (Å²) in [5.74, 6) is -0.423. The number of amides is 1. The number of carbonyl (C=O) groups excluding carboxylic acids is 1. The normalized spacial score (nSPS) is 10.3. The summed E-state index contributed by atoms with van der Waals surface area (Å²) in [7, 11) is 0. The molecule has 7 heteroatoms. The van der Waals surface area contributed by atoms with Gasteiger partial charge in [-0.05, 0) is 24.3 Å². The summed E-state index contributed by atoms with van der Waals surface area (Å²) >= 11 is 0. The molecule has 0 fully saturated rings. The Kier molecular flexibility index (Phi) is 3.42. The number of pyridine rings is 1. The molecule has 3 rings (SSSR count). The largest absolute Gasteiger partial charge is 0.350 e. The predicted octanol–water partition coefficient (Wildman–Crippen LogP) is 1.01. The van der Waals surface area contributed by atoms with Crippen LogP contribution < -0.4 is 11.0 Å². The Labute approximate surface area is 125 Å². The minimum atomic E-state index is -0.423. The fourth-order valence-electron chi connectivity index (χ4n) is 2.09. The third-order valence-electron chi connectivity index (χ3n) is 3.10. The van der Waals surface area contributed by atoms with Gasteiger partial charge >= 0.3 is 5.69 Å². The van der Waals surface area contributed by atoms with Crippen LogP contribution in [0.4, 0.5) is 5.69 Å². The Hall–Kier alpha value is -3.40. The van der Waals surface area contributed by atoms with Gasteiger partial charge in [0.05, 0.1) is 11.3 Å². The van der Waals surface area contributed by atoms with E-state index in [4.69, 9.17) is 5.26 Å². The molecule has 0 aliphatic heterocycles. The topological polar surface area (TPSA) is 92.2 Å². The van der Waals surface area contributed by atoms with Gasteiger partial charge in [0, 0.05) is 6.20 Å². The van der Waals surface area contributed by atoms with E-state index in [0.29, 0.717) is 16.9 Å². The van der Waals surface area contributed by atoms with Crippen molar-refractivity contribution in [1.82, 2.24) is 14.2 Å². The number of anilines is 1. The molecule has 108 valence electrons. The Morgan fingerprint density at radius 2 is 2.00 bits per heavy atom. The highest BCUT2D eigenvalue weighted by Gasteiger charge is 2.11. The first-order valence-corrected chi connectivity index (χ1v) is 6.52. The Morgan fingerprint density at radius 1 is 1.23 bits per heavy atom. The number of nitriles is 1. The third-order valence-corrected chi connectivity index (χ3v) is 3.10. The molecule has 0 saturated heterocycles. The van der Waals surface area contributed by atoms with E-state index in [1.807, 2.05) is 6.07 Å². The zero-order valence-electron chi connectivity index (χ0n) is 11.4. The second-order valence-electron chi connectivity index (χ2n) is 4.57. The summed E-state index contributed by atoms with van der Waals surface area (Å²) in [6.45, 7) is -0.222. The molecule has 0 saturated carbocycles. The first-order valence-electron chi connectivity index (χ1n) is 6.52. The molecule has 0 bridgehead atoms. The zero-order valence-corrected chi connectivity index (χ0v) is 11.4. The van der Waals surface area contributed by atoms with Crippen LogP contribution in [0.2, 0.25) is 0 Å². The molecule has 22 heavy (non-hydrogen) atoms. The molecular formula is C15H11N5O2. The number of hydrogen-bond acceptors (Lipinski definition) is 4. The molecule has 1 aromatic carbocycles. The van der Waals surface area contributed by atoms with Gasteiger partial charge in [-0.1, -0.05) is 18.2 Å². The smallest absolute Gasteiger partial charge is 0.323 e. The molecule has 2 heterocycles. The average molecular weight is 293 g/mol. The fraction of sp³-hybridized carbons (Fsp3) is 0.0667.